The summed E-state index contributed by atoms with van der Waals surface area (Å²) in [7, 11) is 0. The van der Waals surface area contributed by atoms with Crippen LogP contribution in [0.4, 0.5) is 0 Å². The minimum absolute atomic E-state index is 0.231. The van der Waals surface area contributed by atoms with Gasteiger partial charge in [-0.15, -0.1) is 0 Å². The van der Waals surface area contributed by atoms with E-state index >= 15 is 0 Å². The second-order valence-electron chi connectivity index (χ2n) is 33.5. The lowest BCUT2D eigenvalue weighted by molar-refractivity contribution is -0.379. The van der Waals surface area contributed by atoms with E-state index in [0.29, 0.717) is 12.8 Å². The van der Waals surface area contributed by atoms with Crippen molar-refractivity contribution in [2.75, 3.05) is 26.4 Å². The number of carbonyl (C=O) groups is 1. The van der Waals surface area contributed by atoms with Crippen LogP contribution >= 0.6 is 0 Å². The molecular formula is C90H173NO18. The van der Waals surface area contributed by atoms with Gasteiger partial charge in [-0.1, -0.05) is 392 Å². The average Bonchev–Trinajstić information content (AvgIpc) is 0.759. The first kappa shape index (κ1) is 102. The first-order valence-corrected chi connectivity index (χ1v) is 46.4. The molecule has 0 aromatic carbocycles. The zero-order valence-electron chi connectivity index (χ0n) is 69.8. The van der Waals surface area contributed by atoms with Crippen molar-refractivity contribution in [3.8, 4) is 0 Å². The van der Waals surface area contributed by atoms with Gasteiger partial charge in [-0.2, -0.15) is 0 Å². The number of allylic oxidation sites excluding steroid dienone is 2. The summed E-state index contributed by atoms with van der Waals surface area (Å²) in [5.41, 5.74) is 0. The Morgan fingerprint density at radius 2 is 0.578 bits per heavy atom. The SMILES string of the molecule is CCCCCCCCCC/C=C\CCCCCCCCCCCCCCCCCCCCCCCCCCCCCC(=O)NC(COC1OC(CO)C(OC2OC(CO)C(OC3OC(CO)C(O)C(O)C3O)C(O)C2O)C(O)C1O)C(O)CCCCCCCCCCCCCCCCCCCCCCCCCCC. The van der Waals surface area contributed by atoms with E-state index in [1.54, 1.807) is 0 Å². The molecular weight excluding hydrogens is 1380 g/mol. The molecule has 3 rings (SSSR count). The Labute approximate surface area is 665 Å². The molecule has 3 fully saturated rings. The summed E-state index contributed by atoms with van der Waals surface area (Å²) >= 11 is 0. The van der Waals surface area contributed by atoms with Crippen molar-refractivity contribution in [3.63, 3.8) is 0 Å². The zero-order valence-corrected chi connectivity index (χ0v) is 69.8. The molecule has 0 aliphatic carbocycles. The van der Waals surface area contributed by atoms with Gasteiger partial charge < -0.3 is 89.9 Å². The van der Waals surface area contributed by atoms with E-state index in [2.05, 4.69) is 31.3 Å². The topological polar surface area (TPSA) is 307 Å². The number of nitrogens with one attached hydrogen (secondary N) is 1. The van der Waals surface area contributed by atoms with Crippen molar-refractivity contribution in [1.29, 1.82) is 0 Å². The van der Waals surface area contributed by atoms with Crippen LogP contribution in [0.2, 0.25) is 0 Å². The average molecular weight is 1560 g/mol. The molecule has 12 N–H and O–H groups in total. The fourth-order valence-corrected chi connectivity index (χ4v) is 16.2. The van der Waals surface area contributed by atoms with E-state index in [0.717, 1.165) is 44.9 Å². The quantitative estimate of drug-likeness (QED) is 0.0199. The molecule has 1 amide bonds. The number of aliphatic hydroxyl groups excluding tert-OH is 11. The lowest BCUT2D eigenvalue weighted by atomic mass is 9.96. The molecule has 3 saturated heterocycles. The number of ether oxygens (including phenoxy) is 6. The highest BCUT2D eigenvalue weighted by molar-refractivity contribution is 5.76. The largest absolute Gasteiger partial charge is 0.394 e. The van der Waals surface area contributed by atoms with Gasteiger partial charge in [0.15, 0.2) is 18.9 Å². The molecule has 0 aromatic rings. The summed E-state index contributed by atoms with van der Waals surface area (Å²) < 4.78 is 34.6. The Bertz CT molecular complexity index is 2010. The number of hydrogen-bond acceptors (Lipinski definition) is 18. The van der Waals surface area contributed by atoms with Gasteiger partial charge in [0.1, 0.15) is 73.2 Å². The number of unbranched alkanes of at least 4 members (excludes halogenated alkanes) is 59. The summed E-state index contributed by atoms with van der Waals surface area (Å²) in [6.07, 6.45) is 60.5. The third kappa shape index (κ3) is 49.4. The molecule has 0 bridgehead atoms. The van der Waals surface area contributed by atoms with E-state index in [9.17, 15) is 61.0 Å². The van der Waals surface area contributed by atoms with Crippen LogP contribution < -0.4 is 5.32 Å². The minimum Gasteiger partial charge on any atom is -0.394 e. The maximum absolute atomic E-state index is 13.5. The van der Waals surface area contributed by atoms with Gasteiger partial charge in [0, 0.05) is 6.42 Å². The Morgan fingerprint density at radius 3 is 0.890 bits per heavy atom. The van der Waals surface area contributed by atoms with Gasteiger partial charge >= 0.3 is 0 Å². The van der Waals surface area contributed by atoms with Crippen LogP contribution in [-0.2, 0) is 33.2 Å². The second kappa shape index (κ2) is 70.7. The molecule has 19 nitrogen and oxygen atoms in total. The Hall–Kier alpha value is -1.47. The molecule has 646 valence electrons. The third-order valence-electron chi connectivity index (χ3n) is 23.6. The number of rotatable bonds is 77. The maximum Gasteiger partial charge on any atom is 0.220 e. The maximum atomic E-state index is 13.5. The van der Waals surface area contributed by atoms with E-state index < -0.39 is 124 Å². The Kier molecular flexibility index (Phi) is 66.0. The van der Waals surface area contributed by atoms with Crippen LogP contribution in [-0.4, -0.2) is 193 Å². The Balaban J connectivity index is 1.29. The highest BCUT2D eigenvalue weighted by atomic mass is 16.8. The van der Waals surface area contributed by atoms with E-state index in [-0.39, 0.29) is 18.9 Å². The van der Waals surface area contributed by atoms with Crippen LogP contribution in [0.25, 0.3) is 0 Å². The predicted octanol–water partition coefficient (Wildman–Crippen LogP) is 17.9. The van der Waals surface area contributed by atoms with Crippen LogP contribution in [0.5, 0.6) is 0 Å². The molecule has 0 aromatic heterocycles. The molecule has 3 aliphatic rings. The molecule has 3 aliphatic heterocycles. The van der Waals surface area contributed by atoms with Gasteiger partial charge in [0.25, 0.3) is 0 Å². The van der Waals surface area contributed by atoms with Crippen LogP contribution in [0, 0.1) is 0 Å². The van der Waals surface area contributed by atoms with Gasteiger partial charge in [0.2, 0.25) is 5.91 Å². The minimum atomic E-state index is -1.97. The van der Waals surface area contributed by atoms with Crippen LogP contribution in [0.3, 0.4) is 0 Å². The molecule has 17 atom stereocenters. The standard InChI is InChI=1S/C90H173NO18/c1-3-5-7-9-11-13-15-17-19-21-23-25-27-29-30-31-32-33-34-35-36-37-38-39-40-41-42-44-46-48-50-52-54-56-58-60-62-64-66-68-78(96)91-73(74(95)67-65-63-61-59-57-55-53-51-49-47-45-43-28-26-24-22-20-18-16-14-12-10-8-6-4-2)72-104-88-84(102)81(99)86(76(70-93)106-88)109-90-85(103)82(100)87(77(71-94)107-90)108-89-83(101)80(98)79(97)75(69-92)105-89/h21,23,73-77,79-90,92-95,97-103H,3-20,22,24-72H2,1-2H3,(H,91,96)/b23-21-. The van der Waals surface area contributed by atoms with Crippen molar-refractivity contribution >= 4 is 5.91 Å². The van der Waals surface area contributed by atoms with Crippen molar-refractivity contribution in [1.82, 2.24) is 5.32 Å². The first-order valence-electron chi connectivity index (χ1n) is 46.4. The fourth-order valence-electron chi connectivity index (χ4n) is 16.2. The third-order valence-corrected chi connectivity index (χ3v) is 23.6. The lowest BCUT2D eigenvalue weighted by Gasteiger charge is -2.48. The fraction of sp³-hybridized carbons (Fsp3) is 0.967. The number of carbonyl (C=O) groups excluding carboxylic acids is 1. The van der Waals surface area contributed by atoms with E-state index in [1.807, 2.05) is 0 Å². The van der Waals surface area contributed by atoms with Gasteiger partial charge in [-0.05, 0) is 38.5 Å². The summed E-state index contributed by atoms with van der Waals surface area (Å²) in [5.74, 6) is -0.231. The van der Waals surface area contributed by atoms with E-state index in [1.165, 1.54) is 347 Å². The zero-order chi connectivity index (χ0) is 78.8. The van der Waals surface area contributed by atoms with Gasteiger partial charge in [-0.3, -0.25) is 4.79 Å². The number of aliphatic hydroxyl groups is 11. The van der Waals surface area contributed by atoms with Crippen molar-refractivity contribution in [2.24, 2.45) is 0 Å². The summed E-state index contributed by atoms with van der Waals surface area (Å²) in [6.45, 7) is 1.88. The molecule has 19 heteroatoms. The number of amides is 1. The molecule has 0 saturated carbocycles. The second-order valence-corrected chi connectivity index (χ2v) is 33.5. The molecule has 109 heavy (non-hydrogen) atoms. The highest BCUT2D eigenvalue weighted by Gasteiger charge is 2.54. The van der Waals surface area contributed by atoms with Crippen molar-refractivity contribution in [3.05, 3.63) is 12.2 Å². The van der Waals surface area contributed by atoms with Crippen LogP contribution in [0.15, 0.2) is 12.2 Å². The Morgan fingerprint density at radius 1 is 0.321 bits per heavy atom. The van der Waals surface area contributed by atoms with Crippen molar-refractivity contribution in [2.45, 2.75) is 529 Å². The number of hydrogen-bond donors (Lipinski definition) is 12. The van der Waals surface area contributed by atoms with E-state index in [4.69, 9.17) is 28.4 Å². The predicted molar refractivity (Wildman–Crippen MR) is 439 cm³/mol. The van der Waals surface area contributed by atoms with Gasteiger partial charge in [-0.25, -0.2) is 0 Å². The summed E-state index contributed by atoms with van der Waals surface area (Å²) in [5, 5.41) is 121. The highest BCUT2D eigenvalue weighted by Crippen LogP contribution is 2.34. The first-order chi connectivity index (χ1) is 53.3. The monoisotopic (exact) mass is 1560 g/mol. The molecule has 17 unspecified atom stereocenters. The normalized spacial score (nSPS) is 25.2. The smallest absolute Gasteiger partial charge is 0.220 e. The summed E-state index contributed by atoms with van der Waals surface area (Å²) in [4.78, 5) is 13.5. The molecule has 0 spiro atoms. The van der Waals surface area contributed by atoms with Crippen LogP contribution in [0.1, 0.15) is 425 Å². The molecule has 3 heterocycles. The van der Waals surface area contributed by atoms with Gasteiger partial charge in [0.05, 0.1) is 38.6 Å². The van der Waals surface area contributed by atoms with Crippen molar-refractivity contribution < 1.29 is 89.4 Å². The summed E-state index contributed by atoms with van der Waals surface area (Å²) in [6, 6.07) is -0.885. The lowest BCUT2D eigenvalue weighted by Crippen LogP contribution is -2.66. The molecule has 0 radical (unpaired) electrons.